The minimum atomic E-state index is -3.29. The highest BCUT2D eigenvalue weighted by Crippen LogP contribution is 2.52. The van der Waals surface area contributed by atoms with Gasteiger partial charge in [-0.05, 0) is 41.5 Å². The molecule has 3 rings (SSSR count). The first kappa shape index (κ1) is 19.7. The maximum absolute atomic E-state index is 12.9. The topological polar surface area (TPSA) is 81.7 Å². The van der Waals surface area contributed by atoms with Crippen LogP contribution in [0.1, 0.15) is 41.5 Å². The summed E-state index contributed by atoms with van der Waals surface area (Å²) in [5.74, 6) is -1.60. The van der Waals surface area contributed by atoms with E-state index in [1.807, 2.05) is 27.7 Å². The van der Waals surface area contributed by atoms with Crippen LogP contribution in [-0.2, 0) is 37.3 Å². The molecule has 3 fully saturated rings. The van der Waals surface area contributed by atoms with Crippen LogP contribution in [0.5, 0.6) is 0 Å². The van der Waals surface area contributed by atoms with Crippen molar-refractivity contribution in [1.82, 2.24) is 0 Å². The molecule has 146 valence electrons. The third-order valence-electron chi connectivity index (χ3n) is 4.30. The van der Waals surface area contributed by atoms with Gasteiger partial charge in [0.05, 0.1) is 19.4 Å². The van der Waals surface area contributed by atoms with Gasteiger partial charge in [-0.3, -0.25) is 4.57 Å². The Morgan fingerprint density at radius 1 is 0.840 bits per heavy atom. The number of hydrogen-bond acceptors (Lipinski definition) is 8. The van der Waals surface area contributed by atoms with Gasteiger partial charge in [-0.25, -0.2) is 0 Å². The lowest BCUT2D eigenvalue weighted by atomic mass is 10.0. The minimum absolute atomic E-state index is 0.0888. The van der Waals surface area contributed by atoms with Crippen molar-refractivity contribution in [1.29, 1.82) is 0 Å². The molecular formula is C16H29O8P. The van der Waals surface area contributed by atoms with Crippen LogP contribution in [0.2, 0.25) is 0 Å². The molecule has 0 aromatic heterocycles. The molecule has 0 spiro atoms. The van der Waals surface area contributed by atoms with E-state index in [4.69, 9.17) is 32.7 Å². The molecule has 8 nitrogen and oxygen atoms in total. The Labute approximate surface area is 148 Å². The zero-order valence-electron chi connectivity index (χ0n) is 15.7. The van der Waals surface area contributed by atoms with Gasteiger partial charge >= 0.3 is 7.60 Å². The number of ether oxygens (including phenoxy) is 5. The van der Waals surface area contributed by atoms with Gasteiger partial charge < -0.3 is 32.7 Å². The van der Waals surface area contributed by atoms with Crippen molar-refractivity contribution in [2.45, 2.75) is 83.8 Å². The fraction of sp³-hybridized carbons (Fsp3) is 1.00. The lowest BCUT2D eigenvalue weighted by Crippen LogP contribution is -2.56. The van der Waals surface area contributed by atoms with Crippen molar-refractivity contribution in [2.75, 3.05) is 19.4 Å². The molecule has 0 aromatic carbocycles. The van der Waals surface area contributed by atoms with E-state index in [2.05, 4.69) is 0 Å². The van der Waals surface area contributed by atoms with E-state index in [-0.39, 0.29) is 18.4 Å². The largest absolute Gasteiger partial charge is 0.344 e. The summed E-state index contributed by atoms with van der Waals surface area (Å²) in [5.41, 5.74) is 0. The molecule has 0 N–H and O–H groups in total. The Hall–Kier alpha value is -0.0500. The third kappa shape index (κ3) is 4.12. The molecule has 9 heteroatoms. The van der Waals surface area contributed by atoms with E-state index in [9.17, 15) is 4.57 Å². The molecule has 3 aliphatic rings. The molecule has 25 heavy (non-hydrogen) atoms. The third-order valence-corrected chi connectivity index (χ3v) is 6.41. The van der Waals surface area contributed by atoms with Gasteiger partial charge in [0.15, 0.2) is 17.9 Å². The average Bonchev–Trinajstić information content (AvgIpc) is 2.91. The van der Waals surface area contributed by atoms with Crippen LogP contribution in [0.25, 0.3) is 0 Å². The number of fused-ring (bicyclic) bond motifs is 3. The maximum atomic E-state index is 12.9. The van der Waals surface area contributed by atoms with Crippen LogP contribution < -0.4 is 0 Å². The monoisotopic (exact) mass is 380 g/mol. The molecule has 0 saturated carbocycles. The molecule has 3 heterocycles. The van der Waals surface area contributed by atoms with E-state index < -0.39 is 37.7 Å². The second kappa shape index (κ2) is 6.84. The van der Waals surface area contributed by atoms with E-state index in [0.29, 0.717) is 13.2 Å². The summed E-state index contributed by atoms with van der Waals surface area (Å²) >= 11 is 0. The molecule has 3 saturated heterocycles. The predicted octanol–water partition coefficient (Wildman–Crippen LogP) is 2.65. The molecule has 0 bridgehead atoms. The first-order chi connectivity index (χ1) is 11.6. The van der Waals surface area contributed by atoms with Crippen molar-refractivity contribution in [3.8, 4) is 0 Å². The maximum Gasteiger partial charge on any atom is 0.333 e. The quantitative estimate of drug-likeness (QED) is 0.651. The summed E-state index contributed by atoms with van der Waals surface area (Å²) in [7, 11) is -3.29. The molecular weight excluding hydrogens is 351 g/mol. The van der Waals surface area contributed by atoms with Crippen LogP contribution in [0.15, 0.2) is 0 Å². The Balaban J connectivity index is 1.80. The fourth-order valence-corrected chi connectivity index (χ4v) is 5.42. The van der Waals surface area contributed by atoms with Crippen LogP contribution in [0, 0.1) is 0 Å². The summed E-state index contributed by atoms with van der Waals surface area (Å²) in [6.45, 7) is 11.5. The Morgan fingerprint density at radius 3 is 2.00 bits per heavy atom. The zero-order valence-corrected chi connectivity index (χ0v) is 16.6. The van der Waals surface area contributed by atoms with Crippen LogP contribution in [-0.4, -0.2) is 61.7 Å². The SMILES string of the molecule is CCOP(=O)(C[C@H]1OC(C)(C)O[C@@H]2[C@H]3OC(C)(C)O[C@H]3O[C@@H]21)OCC. The normalized spacial score (nSPS) is 39.2. The number of rotatable bonds is 6. The van der Waals surface area contributed by atoms with Gasteiger partial charge in [0.1, 0.15) is 24.4 Å². The first-order valence-corrected chi connectivity index (χ1v) is 10.6. The van der Waals surface area contributed by atoms with E-state index in [0.717, 1.165) is 0 Å². The van der Waals surface area contributed by atoms with E-state index in [1.54, 1.807) is 13.8 Å². The molecule has 5 atom stereocenters. The molecule has 0 radical (unpaired) electrons. The van der Waals surface area contributed by atoms with Crippen LogP contribution >= 0.6 is 7.60 Å². The van der Waals surface area contributed by atoms with Crippen molar-refractivity contribution < 1.29 is 37.3 Å². The smallest absolute Gasteiger partial charge is 0.333 e. The second-order valence-corrected chi connectivity index (χ2v) is 9.44. The van der Waals surface area contributed by atoms with Gasteiger partial charge in [0.2, 0.25) is 0 Å². The Morgan fingerprint density at radius 2 is 1.40 bits per heavy atom. The first-order valence-electron chi connectivity index (χ1n) is 8.83. The van der Waals surface area contributed by atoms with Crippen LogP contribution in [0.3, 0.4) is 0 Å². The van der Waals surface area contributed by atoms with Crippen molar-refractivity contribution in [2.24, 2.45) is 0 Å². The molecule has 3 aliphatic heterocycles. The zero-order chi connectivity index (χ0) is 18.5. The van der Waals surface area contributed by atoms with Gasteiger partial charge in [-0.2, -0.15) is 0 Å². The molecule has 0 unspecified atom stereocenters. The van der Waals surface area contributed by atoms with Crippen molar-refractivity contribution in [3.05, 3.63) is 0 Å². The molecule has 0 amide bonds. The van der Waals surface area contributed by atoms with Gasteiger partial charge in [-0.1, -0.05) is 0 Å². The standard InChI is InChI=1S/C16H29O8P/c1-7-18-25(17,19-8-2)9-10-11-12(22-15(3,4)21-10)13-14(20-11)24-16(5,6)23-13/h10-14H,7-9H2,1-6H3/t10-,11-,12+,13-,14-/m1/s1. The second-order valence-electron chi connectivity index (χ2n) is 7.34. The minimum Gasteiger partial charge on any atom is -0.344 e. The highest BCUT2D eigenvalue weighted by atomic mass is 31.2. The van der Waals surface area contributed by atoms with E-state index >= 15 is 0 Å². The van der Waals surface area contributed by atoms with Crippen molar-refractivity contribution >= 4 is 7.60 Å². The summed E-state index contributed by atoms with van der Waals surface area (Å²) in [4.78, 5) is 0. The molecule has 0 aromatic rings. The Kier molecular flexibility index (Phi) is 5.39. The Bertz CT molecular complexity index is 526. The highest BCUT2D eigenvalue weighted by molar-refractivity contribution is 7.53. The van der Waals surface area contributed by atoms with Gasteiger partial charge in [0.25, 0.3) is 0 Å². The lowest BCUT2D eigenvalue weighted by Gasteiger charge is -2.44. The van der Waals surface area contributed by atoms with Crippen LogP contribution in [0.4, 0.5) is 0 Å². The fourth-order valence-electron chi connectivity index (χ4n) is 3.62. The molecule has 0 aliphatic carbocycles. The van der Waals surface area contributed by atoms with E-state index in [1.165, 1.54) is 0 Å². The van der Waals surface area contributed by atoms with Gasteiger partial charge in [0, 0.05) is 0 Å². The highest BCUT2D eigenvalue weighted by Gasteiger charge is 2.61. The summed E-state index contributed by atoms with van der Waals surface area (Å²) in [6, 6.07) is 0. The van der Waals surface area contributed by atoms with Crippen molar-refractivity contribution in [3.63, 3.8) is 0 Å². The summed E-state index contributed by atoms with van der Waals surface area (Å²) < 4.78 is 53.6. The lowest BCUT2D eigenvalue weighted by molar-refractivity contribution is -0.340. The summed E-state index contributed by atoms with van der Waals surface area (Å²) in [5, 5.41) is 0. The summed E-state index contributed by atoms with van der Waals surface area (Å²) in [6.07, 6.45) is -2.16. The van der Waals surface area contributed by atoms with Gasteiger partial charge in [-0.15, -0.1) is 0 Å². The number of hydrogen-bond donors (Lipinski definition) is 0. The predicted molar refractivity (Wildman–Crippen MR) is 88.2 cm³/mol. The average molecular weight is 380 g/mol.